The van der Waals surface area contributed by atoms with Crippen molar-refractivity contribution in [2.24, 2.45) is 0 Å². The lowest BCUT2D eigenvalue weighted by Gasteiger charge is -1.82. The van der Waals surface area contributed by atoms with Crippen LogP contribution in [-0.4, -0.2) is 9.97 Å². The Morgan fingerprint density at radius 3 is 1.89 bits per heavy atom. The minimum atomic E-state index is 0.600. The molecule has 50 valence electrons. The molecule has 1 heterocycles. The Morgan fingerprint density at radius 2 is 1.67 bits per heavy atom. The molecule has 0 amide bonds. The van der Waals surface area contributed by atoms with Gasteiger partial charge in [-0.25, -0.2) is 9.97 Å². The lowest BCUT2D eigenvalue weighted by molar-refractivity contribution is 1.17. The number of hydrogen-bond donors (Lipinski definition) is 1. The highest BCUT2D eigenvalue weighted by atomic mass is 14.8. The van der Waals surface area contributed by atoms with Gasteiger partial charge in [-0.15, -0.1) is 0 Å². The Labute approximate surface area is 54.9 Å². The third kappa shape index (κ3) is 3.46. The fraction of sp³-hybridized carbons (Fsp3) is 0.333. The van der Waals surface area contributed by atoms with Crippen LogP contribution in [0.1, 0.15) is 13.8 Å². The molecule has 0 aromatic carbocycles. The summed E-state index contributed by atoms with van der Waals surface area (Å²) in [6.07, 6.45) is 4.54. The molecule has 0 bridgehead atoms. The van der Waals surface area contributed by atoms with Gasteiger partial charge in [-0.05, 0) is 0 Å². The molecule has 0 fully saturated rings. The van der Waals surface area contributed by atoms with E-state index in [1.807, 2.05) is 13.8 Å². The van der Waals surface area contributed by atoms with E-state index in [0.717, 1.165) is 0 Å². The average Bonchev–Trinajstić information content (AvgIpc) is 1.94. The number of anilines is 1. The molecule has 9 heavy (non-hydrogen) atoms. The molecule has 3 heteroatoms. The molecule has 0 aliphatic rings. The molecule has 0 spiro atoms. The van der Waals surface area contributed by atoms with Crippen LogP contribution in [0.4, 0.5) is 5.69 Å². The van der Waals surface area contributed by atoms with Crippen molar-refractivity contribution in [1.82, 2.24) is 9.97 Å². The molecule has 0 atom stereocenters. The zero-order chi connectivity index (χ0) is 7.11. The fourth-order valence-corrected chi connectivity index (χ4v) is 0.311. The molecule has 0 aliphatic heterocycles. The molecule has 0 radical (unpaired) electrons. The van der Waals surface area contributed by atoms with Crippen LogP contribution in [0.5, 0.6) is 0 Å². The van der Waals surface area contributed by atoms with E-state index in [4.69, 9.17) is 5.73 Å². The average molecular weight is 125 g/mol. The Bertz CT molecular complexity index is 138. The lowest BCUT2D eigenvalue weighted by atomic mass is 10.6. The minimum absolute atomic E-state index is 0.600. The van der Waals surface area contributed by atoms with Gasteiger partial charge in [-0.3, -0.25) is 0 Å². The summed E-state index contributed by atoms with van der Waals surface area (Å²) < 4.78 is 0. The summed E-state index contributed by atoms with van der Waals surface area (Å²) in [6, 6.07) is 0. The standard InChI is InChI=1S/C4H5N3.C2H6/c5-4-1-6-3-7-2-4;1-2/h1-3H,5H2;1-2H3. The van der Waals surface area contributed by atoms with Crippen LogP contribution in [0.25, 0.3) is 0 Å². The molecule has 3 nitrogen and oxygen atoms in total. The molecule has 1 aromatic rings. The topological polar surface area (TPSA) is 51.8 Å². The van der Waals surface area contributed by atoms with Gasteiger partial charge < -0.3 is 5.73 Å². The maximum Gasteiger partial charge on any atom is 0.115 e. The molecule has 0 saturated carbocycles. The van der Waals surface area contributed by atoms with E-state index >= 15 is 0 Å². The van der Waals surface area contributed by atoms with Crippen LogP contribution >= 0.6 is 0 Å². The number of hydrogen-bond acceptors (Lipinski definition) is 3. The summed E-state index contributed by atoms with van der Waals surface area (Å²) >= 11 is 0. The van der Waals surface area contributed by atoms with E-state index in [9.17, 15) is 0 Å². The van der Waals surface area contributed by atoms with E-state index < -0.39 is 0 Å². The predicted octanol–water partition coefficient (Wildman–Crippen LogP) is 1.08. The highest BCUT2D eigenvalue weighted by Gasteiger charge is 1.74. The second-order valence-corrected chi connectivity index (χ2v) is 1.17. The first-order chi connectivity index (χ1) is 4.39. The Hall–Kier alpha value is -1.12. The van der Waals surface area contributed by atoms with E-state index in [1.54, 1.807) is 12.4 Å². The molecule has 0 unspecified atom stereocenters. The quantitative estimate of drug-likeness (QED) is 0.564. The van der Waals surface area contributed by atoms with E-state index in [-0.39, 0.29) is 0 Å². The minimum Gasteiger partial charge on any atom is -0.396 e. The molecule has 0 aliphatic carbocycles. The third-order valence-electron chi connectivity index (χ3n) is 0.581. The van der Waals surface area contributed by atoms with Crippen molar-refractivity contribution < 1.29 is 0 Å². The number of nitrogen functional groups attached to an aromatic ring is 1. The van der Waals surface area contributed by atoms with Gasteiger partial charge in [0.15, 0.2) is 0 Å². The Morgan fingerprint density at radius 1 is 1.22 bits per heavy atom. The second-order valence-electron chi connectivity index (χ2n) is 1.17. The van der Waals surface area contributed by atoms with Gasteiger partial charge >= 0.3 is 0 Å². The molecule has 0 saturated heterocycles. The van der Waals surface area contributed by atoms with Crippen LogP contribution in [0, 0.1) is 0 Å². The number of aromatic nitrogens is 2. The van der Waals surface area contributed by atoms with Crippen molar-refractivity contribution in [2.45, 2.75) is 13.8 Å². The summed E-state index contributed by atoms with van der Waals surface area (Å²) in [6.45, 7) is 4.00. The maximum absolute atomic E-state index is 5.23. The van der Waals surface area contributed by atoms with Crippen molar-refractivity contribution in [3.8, 4) is 0 Å². The first-order valence-corrected chi connectivity index (χ1v) is 2.90. The van der Waals surface area contributed by atoms with E-state index in [0.29, 0.717) is 5.69 Å². The molecule has 2 N–H and O–H groups in total. The normalized spacial score (nSPS) is 7.33. The zero-order valence-corrected chi connectivity index (χ0v) is 5.70. The largest absolute Gasteiger partial charge is 0.396 e. The first-order valence-electron chi connectivity index (χ1n) is 2.90. The summed E-state index contributed by atoms with van der Waals surface area (Å²) in [5.41, 5.74) is 5.83. The second kappa shape index (κ2) is 5.03. The monoisotopic (exact) mass is 125 g/mol. The summed E-state index contributed by atoms with van der Waals surface area (Å²) in [5, 5.41) is 0. The number of rotatable bonds is 0. The maximum atomic E-state index is 5.23. The first kappa shape index (κ1) is 7.88. The number of nitrogens with two attached hydrogens (primary N) is 1. The van der Waals surface area contributed by atoms with Crippen LogP contribution in [0.3, 0.4) is 0 Å². The van der Waals surface area contributed by atoms with Crippen LogP contribution < -0.4 is 5.73 Å². The summed E-state index contributed by atoms with van der Waals surface area (Å²) in [7, 11) is 0. The van der Waals surface area contributed by atoms with E-state index in [2.05, 4.69) is 9.97 Å². The molecule has 1 rings (SSSR count). The smallest absolute Gasteiger partial charge is 0.115 e. The van der Waals surface area contributed by atoms with Gasteiger partial charge in [0.05, 0.1) is 18.1 Å². The zero-order valence-electron chi connectivity index (χ0n) is 5.70. The van der Waals surface area contributed by atoms with Gasteiger partial charge in [-0.2, -0.15) is 0 Å². The number of nitrogens with zero attached hydrogens (tertiary/aromatic N) is 2. The van der Waals surface area contributed by atoms with Crippen molar-refractivity contribution in [3.05, 3.63) is 18.7 Å². The predicted molar refractivity (Wildman–Crippen MR) is 37.8 cm³/mol. The van der Waals surface area contributed by atoms with Crippen LogP contribution in [0.15, 0.2) is 18.7 Å². The Balaban J connectivity index is 0.000000291. The highest BCUT2D eigenvalue weighted by Crippen LogP contribution is 1.88. The van der Waals surface area contributed by atoms with Crippen molar-refractivity contribution in [2.75, 3.05) is 5.73 Å². The summed E-state index contributed by atoms with van der Waals surface area (Å²) in [5.74, 6) is 0. The SMILES string of the molecule is CC.Nc1cncnc1. The van der Waals surface area contributed by atoms with E-state index in [1.165, 1.54) is 6.33 Å². The van der Waals surface area contributed by atoms with Crippen LogP contribution in [0.2, 0.25) is 0 Å². The molecule has 1 aromatic heterocycles. The van der Waals surface area contributed by atoms with Gasteiger partial charge in [0.1, 0.15) is 6.33 Å². The third-order valence-corrected chi connectivity index (χ3v) is 0.581. The fourth-order valence-electron chi connectivity index (χ4n) is 0.311. The van der Waals surface area contributed by atoms with Gasteiger partial charge in [-0.1, -0.05) is 13.8 Å². The van der Waals surface area contributed by atoms with Gasteiger partial charge in [0.2, 0.25) is 0 Å². The van der Waals surface area contributed by atoms with Crippen molar-refractivity contribution in [3.63, 3.8) is 0 Å². The molecular formula is C6H11N3. The van der Waals surface area contributed by atoms with Gasteiger partial charge in [0.25, 0.3) is 0 Å². The highest BCUT2D eigenvalue weighted by molar-refractivity contribution is 5.28. The summed E-state index contributed by atoms with van der Waals surface area (Å²) in [4.78, 5) is 7.30. The van der Waals surface area contributed by atoms with Gasteiger partial charge in [0, 0.05) is 0 Å². The lowest BCUT2D eigenvalue weighted by Crippen LogP contribution is -1.85. The van der Waals surface area contributed by atoms with Crippen molar-refractivity contribution >= 4 is 5.69 Å². The molecular weight excluding hydrogens is 114 g/mol. The van der Waals surface area contributed by atoms with Crippen LogP contribution in [-0.2, 0) is 0 Å². The van der Waals surface area contributed by atoms with Crippen molar-refractivity contribution in [1.29, 1.82) is 0 Å². The Kier molecular flexibility index (Phi) is 4.40.